The average Bonchev–Trinajstić information content (AvgIpc) is 2.56. The molecule has 0 bridgehead atoms. The van der Waals surface area contributed by atoms with Gasteiger partial charge in [-0.15, -0.1) is 0 Å². The molecule has 0 spiro atoms. The van der Waals surface area contributed by atoms with Crippen molar-refractivity contribution in [3.63, 3.8) is 0 Å². The molecule has 0 saturated carbocycles. The van der Waals surface area contributed by atoms with Gasteiger partial charge in [-0.05, 0) is 43.8 Å². The summed E-state index contributed by atoms with van der Waals surface area (Å²) in [7, 11) is 1.92. The minimum atomic E-state index is -0.166. The predicted octanol–water partition coefficient (Wildman–Crippen LogP) is 1.79. The number of hydrogen-bond donors (Lipinski definition) is 4. The molecule has 0 aliphatic heterocycles. The molecule has 1 aromatic heterocycles. The molecule has 0 aliphatic carbocycles. The average molecular weight is 313 g/mol. The number of nitrogens with zero attached hydrogens (tertiary/aromatic N) is 1. The third-order valence-corrected chi connectivity index (χ3v) is 3.51. The van der Waals surface area contributed by atoms with Crippen LogP contribution < -0.4 is 21.7 Å². The lowest BCUT2D eigenvalue weighted by atomic mass is 10.1. The zero-order valence-corrected chi connectivity index (χ0v) is 13.5. The van der Waals surface area contributed by atoms with E-state index >= 15 is 0 Å². The summed E-state index contributed by atoms with van der Waals surface area (Å²) in [6, 6.07) is 11.2. The monoisotopic (exact) mass is 313 g/mol. The number of hydrogen-bond acceptors (Lipinski definition) is 5. The summed E-state index contributed by atoms with van der Waals surface area (Å²) >= 11 is 0. The van der Waals surface area contributed by atoms with Crippen LogP contribution in [0.5, 0.6) is 0 Å². The van der Waals surface area contributed by atoms with E-state index in [9.17, 15) is 4.79 Å². The Morgan fingerprint density at radius 2 is 1.91 bits per heavy atom. The van der Waals surface area contributed by atoms with E-state index in [4.69, 9.17) is 5.73 Å². The van der Waals surface area contributed by atoms with E-state index < -0.39 is 0 Å². The van der Waals surface area contributed by atoms with E-state index in [-0.39, 0.29) is 11.9 Å². The molecule has 2 rings (SSSR count). The molecular weight excluding hydrogens is 290 g/mol. The van der Waals surface area contributed by atoms with Gasteiger partial charge in [0, 0.05) is 25.0 Å². The van der Waals surface area contributed by atoms with E-state index in [1.807, 2.05) is 38.2 Å². The first kappa shape index (κ1) is 16.8. The summed E-state index contributed by atoms with van der Waals surface area (Å²) < 4.78 is 0. The second-order valence-electron chi connectivity index (χ2n) is 5.32. The van der Waals surface area contributed by atoms with E-state index in [1.54, 1.807) is 12.1 Å². The Morgan fingerprint density at radius 1 is 1.17 bits per heavy atom. The topological polar surface area (TPSA) is 92.1 Å². The van der Waals surface area contributed by atoms with Crippen LogP contribution in [0.1, 0.15) is 28.9 Å². The van der Waals surface area contributed by atoms with Gasteiger partial charge in [0.2, 0.25) is 0 Å². The Bertz CT molecular complexity index is 624. The van der Waals surface area contributed by atoms with E-state index in [0.717, 1.165) is 24.3 Å². The molecule has 6 heteroatoms. The molecule has 0 radical (unpaired) electrons. The van der Waals surface area contributed by atoms with Gasteiger partial charge in [-0.25, -0.2) is 4.98 Å². The number of nitrogen functional groups attached to an aromatic ring is 1. The lowest BCUT2D eigenvalue weighted by Gasteiger charge is -2.15. The maximum atomic E-state index is 12.2. The summed E-state index contributed by atoms with van der Waals surface area (Å²) in [5, 5.41) is 9.35. The molecule has 6 nitrogen and oxygen atoms in total. The van der Waals surface area contributed by atoms with Crippen molar-refractivity contribution in [1.82, 2.24) is 15.6 Å². The van der Waals surface area contributed by atoms with E-state index in [0.29, 0.717) is 11.4 Å². The fraction of sp³-hybridized carbons (Fsp3) is 0.294. The number of benzene rings is 1. The molecule has 23 heavy (non-hydrogen) atoms. The van der Waals surface area contributed by atoms with Crippen molar-refractivity contribution in [2.45, 2.75) is 13.0 Å². The second kappa shape index (κ2) is 8.14. The van der Waals surface area contributed by atoms with Gasteiger partial charge < -0.3 is 21.7 Å². The van der Waals surface area contributed by atoms with Gasteiger partial charge in [0.1, 0.15) is 5.82 Å². The highest BCUT2D eigenvalue weighted by Gasteiger charge is 2.11. The fourth-order valence-corrected chi connectivity index (χ4v) is 2.12. The SMILES string of the molecule is CNCCNc1ccc([C@H](C)NC(=O)c2ccc(N)nc2)cc1. The fourth-order valence-electron chi connectivity index (χ4n) is 2.12. The zero-order valence-electron chi connectivity index (χ0n) is 13.5. The molecule has 5 N–H and O–H groups in total. The summed E-state index contributed by atoms with van der Waals surface area (Å²) in [4.78, 5) is 16.1. The third kappa shape index (κ3) is 4.96. The molecule has 0 fully saturated rings. The molecular formula is C17H23N5O. The van der Waals surface area contributed by atoms with Gasteiger partial charge in [0.05, 0.1) is 11.6 Å². The van der Waals surface area contributed by atoms with Gasteiger partial charge in [-0.1, -0.05) is 12.1 Å². The molecule has 1 aromatic carbocycles. The molecule has 0 aliphatic rings. The Balaban J connectivity index is 1.93. The molecule has 0 saturated heterocycles. The van der Waals surface area contributed by atoms with Crippen LogP contribution in [-0.2, 0) is 0 Å². The van der Waals surface area contributed by atoms with Gasteiger partial charge >= 0.3 is 0 Å². The standard InChI is InChI=1S/C17H23N5O/c1-12(22-17(23)14-5-8-16(18)21-11-14)13-3-6-15(7-4-13)20-10-9-19-2/h3-8,11-12,19-20H,9-10H2,1-2H3,(H2,18,21)(H,22,23)/t12-/m0/s1. The van der Waals surface area contributed by atoms with Gasteiger partial charge in [-0.2, -0.15) is 0 Å². The number of carbonyl (C=O) groups excluding carboxylic acids is 1. The van der Waals surface area contributed by atoms with Crippen molar-refractivity contribution in [2.75, 3.05) is 31.2 Å². The number of nitrogens with two attached hydrogens (primary N) is 1. The number of carbonyl (C=O) groups is 1. The largest absolute Gasteiger partial charge is 0.384 e. The number of rotatable bonds is 7. The van der Waals surface area contributed by atoms with Crippen molar-refractivity contribution in [3.8, 4) is 0 Å². The number of pyridine rings is 1. The van der Waals surface area contributed by atoms with E-state index in [2.05, 4.69) is 20.9 Å². The lowest BCUT2D eigenvalue weighted by molar-refractivity contribution is 0.0939. The van der Waals surface area contributed by atoms with Crippen LogP contribution in [0.2, 0.25) is 0 Å². The van der Waals surface area contributed by atoms with Crippen LogP contribution in [-0.4, -0.2) is 31.0 Å². The van der Waals surface area contributed by atoms with Crippen LogP contribution in [0.3, 0.4) is 0 Å². The minimum absolute atomic E-state index is 0.0913. The molecule has 122 valence electrons. The smallest absolute Gasteiger partial charge is 0.253 e. The Hall–Kier alpha value is -2.60. The number of aromatic nitrogens is 1. The van der Waals surface area contributed by atoms with Crippen LogP contribution in [0.15, 0.2) is 42.6 Å². The van der Waals surface area contributed by atoms with Gasteiger partial charge in [0.25, 0.3) is 5.91 Å². The third-order valence-electron chi connectivity index (χ3n) is 3.51. The minimum Gasteiger partial charge on any atom is -0.384 e. The first-order valence-electron chi connectivity index (χ1n) is 7.61. The highest BCUT2D eigenvalue weighted by molar-refractivity contribution is 5.94. The summed E-state index contributed by atoms with van der Waals surface area (Å²) in [5.41, 5.74) is 8.12. The van der Waals surface area contributed by atoms with Crippen molar-refractivity contribution in [2.24, 2.45) is 0 Å². The van der Waals surface area contributed by atoms with Crippen LogP contribution in [0.4, 0.5) is 11.5 Å². The Labute approximate surface area is 136 Å². The highest BCUT2D eigenvalue weighted by atomic mass is 16.1. The number of anilines is 2. The quantitative estimate of drug-likeness (QED) is 0.585. The van der Waals surface area contributed by atoms with Crippen LogP contribution in [0, 0.1) is 0 Å². The van der Waals surface area contributed by atoms with E-state index in [1.165, 1.54) is 6.20 Å². The van der Waals surface area contributed by atoms with Gasteiger partial charge in [-0.3, -0.25) is 4.79 Å². The summed E-state index contributed by atoms with van der Waals surface area (Å²) in [6.45, 7) is 3.72. The zero-order chi connectivity index (χ0) is 16.7. The molecule has 2 aromatic rings. The van der Waals surface area contributed by atoms with Crippen molar-refractivity contribution >= 4 is 17.4 Å². The maximum Gasteiger partial charge on any atom is 0.253 e. The van der Waals surface area contributed by atoms with Crippen LogP contribution in [0.25, 0.3) is 0 Å². The van der Waals surface area contributed by atoms with Crippen molar-refractivity contribution < 1.29 is 4.79 Å². The first-order chi connectivity index (χ1) is 11.1. The Morgan fingerprint density at radius 3 is 2.52 bits per heavy atom. The second-order valence-corrected chi connectivity index (χ2v) is 5.32. The maximum absolute atomic E-state index is 12.2. The lowest BCUT2D eigenvalue weighted by Crippen LogP contribution is -2.26. The number of nitrogens with one attached hydrogen (secondary N) is 3. The summed E-state index contributed by atoms with van der Waals surface area (Å²) in [6.07, 6.45) is 1.48. The number of likely N-dealkylation sites (N-methyl/N-ethyl adjacent to an activating group) is 1. The molecule has 0 unspecified atom stereocenters. The van der Waals surface area contributed by atoms with Crippen molar-refractivity contribution in [1.29, 1.82) is 0 Å². The highest BCUT2D eigenvalue weighted by Crippen LogP contribution is 2.16. The Kier molecular flexibility index (Phi) is 5.94. The summed E-state index contributed by atoms with van der Waals surface area (Å²) in [5.74, 6) is 0.234. The number of amides is 1. The predicted molar refractivity (Wildman–Crippen MR) is 93.4 cm³/mol. The van der Waals surface area contributed by atoms with Gasteiger partial charge in [0.15, 0.2) is 0 Å². The molecule has 1 atom stereocenters. The first-order valence-corrected chi connectivity index (χ1v) is 7.61. The van der Waals surface area contributed by atoms with Crippen LogP contribution >= 0.6 is 0 Å². The van der Waals surface area contributed by atoms with Crippen molar-refractivity contribution in [3.05, 3.63) is 53.7 Å². The molecule has 1 heterocycles. The normalized spacial score (nSPS) is 11.7. The molecule has 1 amide bonds.